The molecule has 0 radical (unpaired) electrons. The van der Waals surface area contributed by atoms with Crippen LogP contribution >= 0.6 is 0 Å². The van der Waals surface area contributed by atoms with Crippen molar-refractivity contribution in [1.29, 1.82) is 0 Å². The average molecular weight is 259 g/mol. The highest BCUT2D eigenvalue weighted by molar-refractivity contribution is 5.52. The van der Waals surface area contributed by atoms with E-state index in [-0.39, 0.29) is 11.5 Å². The topological polar surface area (TPSA) is 61.7 Å². The van der Waals surface area contributed by atoms with Crippen molar-refractivity contribution in [2.24, 2.45) is 0 Å². The van der Waals surface area contributed by atoms with E-state index in [1.54, 1.807) is 31.4 Å². The maximum Gasteiger partial charge on any atom is 0.120 e. The number of aromatic hydroxyl groups is 2. The van der Waals surface area contributed by atoms with Crippen molar-refractivity contribution in [3.05, 3.63) is 47.5 Å². The van der Waals surface area contributed by atoms with Gasteiger partial charge in [-0.05, 0) is 36.8 Å². The summed E-state index contributed by atoms with van der Waals surface area (Å²) in [6, 6.07) is 10.5. The predicted molar refractivity (Wildman–Crippen MR) is 74.8 cm³/mol. The van der Waals surface area contributed by atoms with Gasteiger partial charge in [0.2, 0.25) is 0 Å². The highest BCUT2D eigenvalue weighted by Crippen LogP contribution is 2.25. The quantitative estimate of drug-likeness (QED) is 0.789. The zero-order chi connectivity index (χ0) is 13.8. The number of methoxy groups -OCH3 is 1. The SMILES string of the molecule is COc1ccc(O)c(CNc2ccc(C)c(O)c2)c1. The summed E-state index contributed by atoms with van der Waals surface area (Å²) >= 11 is 0. The Morgan fingerprint density at radius 2 is 1.84 bits per heavy atom. The zero-order valence-corrected chi connectivity index (χ0v) is 11.0. The molecule has 2 rings (SSSR count). The normalized spacial score (nSPS) is 10.2. The maximum atomic E-state index is 9.76. The first-order chi connectivity index (χ1) is 9.10. The summed E-state index contributed by atoms with van der Waals surface area (Å²) in [5.41, 5.74) is 2.36. The number of hydrogen-bond acceptors (Lipinski definition) is 4. The van der Waals surface area contributed by atoms with E-state index in [1.165, 1.54) is 0 Å². The molecule has 2 aromatic carbocycles. The Balaban J connectivity index is 2.11. The highest BCUT2D eigenvalue weighted by Gasteiger charge is 2.04. The molecule has 0 saturated carbocycles. The fraction of sp³-hybridized carbons (Fsp3) is 0.200. The van der Waals surface area contributed by atoms with Gasteiger partial charge in [0.1, 0.15) is 17.2 Å². The molecule has 0 bridgehead atoms. The summed E-state index contributed by atoms with van der Waals surface area (Å²) in [5, 5.41) is 22.5. The third-order valence-corrected chi connectivity index (χ3v) is 2.98. The van der Waals surface area contributed by atoms with E-state index in [1.807, 2.05) is 19.1 Å². The van der Waals surface area contributed by atoms with Crippen molar-refractivity contribution < 1.29 is 14.9 Å². The monoisotopic (exact) mass is 259 g/mol. The van der Waals surface area contributed by atoms with Crippen LogP contribution in [0.25, 0.3) is 0 Å². The lowest BCUT2D eigenvalue weighted by molar-refractivity contribution is 0.411. The largest absolute Gasteiger partial charge is 0.508 e. The summed E-state index contributed by atoms with van der Waals surface area (Å²) in [7, 11) is 1.58. The number of anilines is 1. The molecule has 0 spiro atoms. The lowest BCUT2D eigenvalue weighted by Crippen LogP contribution is -2.00. The molecular formula is C15H17NO3. The van der Waals surface area contributed by atoms with Crippen LogP contribution in [0.15, 0.2) is 36.4 Å². The summed E-state index contributed by atoms with van der Waals surface area (Å²) < 4.78 is 5.12. The van der Waals surface area contributed by atoms with Crippen LogP contribution in [0.1, 0.15) is 11.1 Å². The van der Waals surface area contributed by atoms with Crippen LogP contribution in [0.4, 0.5) is 5.69 Å². The van der Waals surface area contributed by atoms with Gasteiger partial charge in [-0.2, -0.15) is 0 Å². The average Bonchev–Trinajstić information content (AvgIpc) is 2.41. The van der Waals surface area contributed by atoms with Gasteiger partial charge in [0, 0.05) is 23.9 Å². The summed E-state index contributed by atoms with van der Waals surface area (Å²) in [6.45, 7) is 2.29. The summed E-state index contributed by atoms with van der Waals surface area (Å²) in [5.74, 6) is 1.16. The Hall–Kier alpha value is -2.36. The van der Waals surface area contributed by atoms with Crippen LogP contribution in [0.5, 0.6) is 17.2 Å². The summed E-state index contributed by atoms with van der Waals surface area (Å²) in [6.07, 6.45) is 0. The Bertz CT molecular complexity index is 582. The molecule has 0 aliphatic rings. The first-order valence-corrected chi connectivity index (χ1v) is 5.99. The number of aryl methyl sites for hydroxylation is 1. The molecule has 0 saturated heterocycles. The Morgan fingerprint density at radius 1 is 1.05 bits per heavy atom. The van der Waals surface area contributed by atoms with E-state index in [0.29, 0.717) is 12.3 Å². The number of rotatable bonds is 4. The standard InChI is InChI=1S/C15H17NO3/c1-10-3-4-12(8-15(10)18)16-9-11-7-13(19-2)5-6-14(11)17/h3-8,16-18H,9H2,1-2H3. The Kier molecular flexibility index (Phi) is 3.80. The summed E-state index contributed by atoms with van der Waals surface area (Å²) in [4.78, 5) is 0. The van der Waals surface area contributed by atoms with Crippen molar-refractivity contribution in [2.75, 3.05) is 12.4 Å². The molecule has 3 N–H and O–H groups in total. The molecular weight excluding hydrogens is 242 g/mol. The van der Waals surface area contributed by atoms with Crippen LogP contribution in [0.2, 0.25) is 0 Å². The van der Waals surface area contributed by atoms with E-state index < -0.39 is 0 Å². The smallest absolute Gasteiger partial charge is 0.120 e. The molecule has 100 valence electrons. The molecule has 0 amide bonds. The van der Waals surface area contributed by atoms with Crippen LogP contribution in [-0.2, 0) is 6.54 Å². The lowest BCUT2D eigenvalue weighted by Gasteiger charge is -2.10. The fourth-order valence-corrected chi connectivity index (χ4v) is 1.75. The van der Waals surface area contributed by atoms with Gasteiger partial charge in [-0.15, -0.1) is 0 Å². The maximum absolute atomic E-state index is 9.76. The van der Waals surface area contributed by atoms with E-state index in [9.17, 15) is 10.2 Å². The van der Waals surface area contributed by atoms with Crippen molar-refractivity contribution in [1.82, 2.24) is 0 Å². The number of nitrogens with one attached hydrogen (secondary N) is 1. The molecule has 0 unspecified atom stereocenters. The van der Waals surface area contributed by atoms with Gasteiger partial charge in [0.05, 0.1) is 7.11 Å². The minimum atomic E-state index is 0.213. The molecule has 4 nitrogen and oxygen atoms in total. The molecule has 0 heterocycles. The van der Waals surface area contributed by atoms with E-state index >= 15 is 0 Å². The van der Waals surface area contributed by atoms with Crippen molar-refractivity contribution in [3.8, 4) is 17.2 Å². The van der Waals surface area contributed by atoms with Crippen LogP contribution in [-0.4, -0.2) is 17.3 Å². The second-order valence-electron chi connectivity index (χ2n) is 4.35. The van der Waals surface area contributed by atoms with Crippen LogP contribution in [0.3, 0.4) is 0 Å². The van der Waals surface area contributed by atoms with Crippen LogP contribution < -0.4 is 10.1 Å². The van der Waals surface area contributed by atoms with Gasteiger partial charge in [-0.1, -0.05) is 6.07 Å². The van der Waals surface area contributed by atoms with Crippen molar-refractivity contribution in [3.63, 3.8) is 0 Å². The third-order valence-electron chi connectivity index (χ3n) is 2.98. The molecule has 0 aromatic heterocycles. The third kappa shape index (κ3) is 3.10. The van der Waals surface area contributed by atoms with Gasteiger partial charge >= 0.3 is 0 Å². The lowest BCUT2D eigenvalue weighted by atomic mass is 10.1. The minimum absolute atomic E-state index is 0.213. The molecule has 4 heteroatoms. The molecule has 0 atom stereocenters. The second kappa shape index (κ2) is 5.52. The van der Waals surface area contributed by atoms with E-state index in [0.717, 1.165) is 16.8 Å². The molecule has 2 aromatic rings. The first-order valence-electron chi connectivity index (χ1n) is 5.99. The number of ether oxygens (including phenoxy) is 1. The molecule has 19 heavy (non-hydrogen) atoms. The molecule has 0 aliphatic heterocycles. The minimum Gasteiger partial charge on any atom is -0.508 e. The molecule has 0 aliphatic carbocycles. The van der Waals surface area contributed by atoms with E-state index in [2.05, 4.69) is 5.32 Å². The molecule has 0 fully saturated rings. The van der Waals surface area contributed by atoms with E-state index in [4.69, 9.17) is 4.74 Å². The predicted octanol–water partition coefficient (Wildman–Crippen LogP) is 3.03. The number of phenols is 2. The fourth-order valence-electron chi connectivity index (χ4n) is 1.75. The highest BCUT2D eigenvalue weighted by atomic mass is 16.5. The van der Waals surface area contributed by atoms with Gasteiger partial charge < -0.3 is 20.3 Å². The Labute approximate surface area is 112 Å². The number of benzene rings is 2. The zero-order valence-electron chi connectivity index (χ0n) is 11.0. The van der Waals surface area contributed by atoms with Crippen LogP contribution in [0, 0.1) is 6.92 Å². The van der Waals surface area contributed by atoms with Gasteiger partial charge in [-0.25, -0.2) is 0 Å². The van der Waals surface area contributed by atoms with Gasteiger partial charge in [0.15, 0.2) is 0 Å². The van der Waals surface area contributed by atoms with Gasteiger partial charge in [-0.3, -0.25) is 0 Å². The number of phenolic OH excluding ortho intramolecular Hbond substituents is 2. The van der Waals surface area contributed by atoms with Crippen molar-refractivity contribution >= 4 is 5.69 Å². The number of hydrogen-bond donors (Lipinski definition) is 3. The van der Waals surface area contributed by atoms with Gasteiger partial charge in [0.25, 0.3) is 0 Å². The first kappa shape index (κ1) is 13.1. The second-order valence-corrected chi connectivity index (χ2v) is 4.35. The van der Waals surface area contributed by atoms with Crippen molar-refractivity contribution in [2.45, 2.75) is 13.5 Å². The Morgan fingerprint density at radius 3 is 2.53 bits per heavy atom.